The minimum Gasteiger partial charge on any atom is -0.354 e. The zero-order valence-electron chi connectivity index (χ0n) is 67.5. The summed E-state index contributed by atoms with van der Waals surface area (Å²) in [4.78, 5) is 101. The van der Waals surface area contributed by atoms with Gasteiger partial charge in [0.25, 0.3) is 0 Å². The van der Waals surface area contributed by atoms with Crippen molar-refractivity contribution in [2.24, 2.45) is 0 Å². The molecule has 1 aliphatic rings. The molecule has 0 saturated carbocycles. The Morgan fingerprint density at radius 3 is 1.38 bits per heavy atom. The SMILES string of the molecule is C.CC(C)(C)OC(=O)NCCn1c(C=COCC[Si](C)(C)C)cc2cnc(Cl)nc21.CC(C)(C)OC(=O)NCCn1c(C=O)cc2cnc(Cl)nc21.CC(C)(C)OC(=O)NCCn1c(CC=O)cc2cnc(Cl)nc21.CCOP(CC[SiH3])(c1ccccc1)(c1ccccc1)c1ccccc1.O=C1Cc2cc3cnc(Cl)nc3n2CCN1. The molecular formula is C82H107Cl4N16O11PSi2. The van der Waals surface area contributed by atoms with Gasteiger partial charge in [-0.15, -0.1) is 0 Å². The van der Waals surface area contributed by atoms with Gasteiger partial charge in [-0.05, 0) is 145 Å². The summed E-state index contributed by atoms with van der Waals surface area (Å²) in [6.07, 6.45) is 11.9. The molecule has 0 aliphatic carbocycles. The number of aldehydes is 2. The molecule has 0 unspecified atom stereocenters. The molecule has 27 nitrogen and oxygen atoms in total. The Labute approximate surface area is 701 Å². The number of halogens is 4. The maximum atomic E-state index is 11.9. The van der Waals surface area contributed by atoms with Crippen molar-refractivity contribution in [2.45, 2.75) is 164 Å². The van der Waals surface area contributed by atoms with Crippen LogP contribution >= 0.6 is 53.2 Å². The van der Waals surface area contributed by atoms with Crippen LogP contribution in [-0.4, -0.2) is 176 Å². The second-order valence-corrected chi connectivity index (χ2v) is 43.5. The van der Waals surface area contributed by atoms with Crippen LogP contribution in [0, 0.1) is 0 Å². The summed E-state index contributed by atoms with van der Waals surface area (Å²) in [5.74, 6) is 0.0422. The van der Waals surface area contributed by atoms with E-state index in [1.54, 1.807) is 83.2 Å². The minimum absolute atomic E-state index is 0. The van der Waals surface area contributed by atoms with Crippen molar-refractivity contribution in [1.29, 1.82) is 0 Å². The van der Waals surface area contributed by atoms with Crippen LogP contribution in [0.3, 0.4) is 0 Å². The largest absolute Gasteiger partial charge is 0.354 e. The number of carbonyl (C=O) groups is 6. The topological polar surface area (TPSA) is 320 Å². The van der Waals surface area contributed by atoms with Gasteiger partial charge in [-0.2, -0.15) is 19.9 Å². The van der Waals surface area contributed by atoms with Gasteiger partial charge in [-0.25, -0.2) is 34.3 Å². The molecule has 0 saturated heterocycles. The number of ether oxygens (including phenoxy) is 4. The number of amides is 4. The van der Waals surface area contributed by atoms with E-state index in [-0.39, 0.29) is 40.9 Å². The number of benzene rings is 3. The molecule has 3 aromatic carbocycles. The fraction of sp³-hybridized carbons (Fsp3) is 0.390. The summed E-state index contributed by atoms with van der Waals surface area (Å²) >= 11 is 23.4. The summed E-state index contributed by atoms with van der Waals surface area (Å²) in [7, 11) is 0.0411. The molecule has 622 valence electrons. The van der Waals surface area contributed by atoms with E-state index in [0.717, 1.165) is 70.2 Å². The standard InChI is InChI=1S/C22H27OPSi.C20H31ClN4O3Si.C15H19ClN4O3.C14H17ClN4O3.C10H9ClN4O.CH4/c1-2-23-24(18-19-25,20-12-6-3-7-13-20,21-14-8-4-9-15-21)22-16-10-5-11-17-22;1-20(2,3)28-19(26)22-8-9-25-16(7-10-27-11-12-29(4,5)6)13-15-14-23-18(21)24-17(15)25;1-15(2,3)23-14(22)17-5-6-20-11(4-7-21)8-10-9-18-13(16)19-12(10)20;1-14(2,3)22-13(21)16-4-5-19-10(8-20)6-9-7-17-12(15)18-11(9)19;11-10-13-5-6-3-7-4-8(16)12-1-2-15(7)9(6)14-10;/h3-17H,2,18-19H2,1,25H3;7,10,13-14H,8-9,11-12H2,1-6H3,(H,22,26);7-9H,4-6H2,1-3H3,(H,17,22);6-8H,4-5H2,1-3H3,(H,16,21);3,5H,1-2,4H2,(H,12,16);1H4. The second-order valence-electron chi connectivity index (χ2n) is 30.8. The van der Waals surface area contributed by atoms with Crippen LogP contribution in [0.15, 0.2) is 146 Å². The molecule has 12 rings (SSSR count). The summed E-state index contributed by atoms with van der Waals surface area (Å²) in [5, 5.41) is 18.9. The Hall–Kier alpha value is -9.72. The van der Waals surface area contributed by atoms with Gasteiger partial charge in [-0.3, -0.25) is 9.59 Å². The fourth-order valence-electron chi connectivity index (χ4n) is 12.7. The first-order valence-corrected chi connectivity index (χ1v) is 46.8. The maximum absolute atomic E-state index is 11.9. The van der Waals surface area contributed by atoms with Crippen LogP contribution < -0.4 is 37.2 Å². The molecule has 0 atom stereocenters. The Kier molecular flexibility index (Phi) is 34.2. The predicted molar refractivity (Wildman–Crippen MR) is 471 cm³/mol. The number of hydrogen-bond donors (Lipinski definition) is 4. The van der Waals surface area contributed by atoms with Gasteiger partial charge >= 0.3 is 173 Å². The Morgan fingerprint density at radius 2 is 0.974 bits per heavy atom. The molecule has 4 N–H and O–H groups in total. The fourth-order valence-corrected chi connectivity index (χ4v) is 22.6. The average Bonchev–Trinajstić information content (AvgIpc) is 0.954. The minimum atomic E-state index is -2.95. The average molecular weight is 1720 g/mol. The van der Waals surface area contributed by atoms with Crippen molar-refractivity contribution in [3.63, 3.8) is 0 Å². The molecule has 4 amide bonds. The quantitative estimate of drug-likeness (QED) is 0.00830. The van der Waals surface area contributed by atoms with E-state index in [1.165, 1.54) is 32.2 Å². The summed E-state index contributed by atoms with van der Waals surface area (Å²) in [5.41, 5.74) is 4.14. The van der Waals surface area contributed by atoms with Gasteiger partial charge < -0.3 is 63.3 Å². The van der Waals surface area contributed by atoms with Gasteiger partial charge in [0, 0.05) is 130 Å². The van der Waals surface area contributed by atoms with Crippen molar-refractivity contribution >= 4 is 174 Å². The third kappa shape index (κ3) is 26.4. The number of nitrogens with zero attached hydrogens (tertiary/aromatic N) is 12. The van der Waals surface area contributed by atoms with E-state index in [1.807, 2.05) is 58.7 Å². The van der Waals surface area contributed by atoms with Crippen molar-refractivity contribution in [1.82, 2.24) is 79.4 Å². The molecule has 9 heterocycles. The summed E-state index contributed by atoms with van der Waals surface area (Å²) < 4.78 is 35.7. The Bertz CT molecular complexity index is 5040. The first-order chi connectivity index (χ1) is 54.5. The molecule has 8 aromatic heterocycles. The van der Waals surface area contributed by atoms with E-state index < -0.39 is 50.0 Å². The zero-order valence-corrected chi connectivity index (χ0v) is 74.4. The maximum Gasteiger partial charge on any atom is 0.226 e. The molecule has 11 aromatic rings. The van der Waals surface area contributed by atoms with Crippen molar-refractivity contribution in [2.75, 3.05) is 45.6 Å². The number of fused-ring (bicyclic) bond motifs is 6. The molecule has 0 radical (unpaired) electrons. The van der Waals surface area contributed by atoms with Gasteiger partial charge in [-0.1, -0.05) is 27.1 Å². The second kappa shape index (κ2) is 42.4. The zero-order chi connectivity index (χ0) is 83.8. The van der Waals surface area contributed by atoms with Crippen LogP contribution in [0.1, 0.15) is 104 Å². The first kappa shape index (κ1) is 93.4. The van der Waals surface area contributed by atoms with Gasteiger partial charge in [0.2, 0.25) is 27.0 Å². The first-order valence-electron chi connectivity index (χ1n) is 37.8. The van der Waals surface area contributed by atoms with Gasteiger partial charge in [0.05, 0.1) is 25.0 Å². The molecule has 116 heavy (non-hydrogen) atoms. The normalized spacial score (nSPS) is 12.6. The summed E-state index contributed by atoms with van der Waals surface area (Å²) in [6, 6.07) is 42.5. The van der Waals surface area contributed by atoms with Crippen LogP contribution in [0.2, 0.25) is 52.9 Å². The monoisotopic (exact) mass is 1720 g/mol. The molecular weight excluding hydrogens is 1610 g/mol. The number of nitrogens with one attached hydrogen (secondary N) is 4. The third-order valence-corrected chi connectivity index (χ3v) is 27.4. The van der Waals surface area contributed by atoms with Crippen LogP contribution in [-0.2, 0) is 72.1 Å². The number of carbonyl (C=O) groups excluding carboxylic acids is 6. The predicted octanol–water partition coefficient (Wildman–Crippen LogP) is 14.4. The molecule has 1 aliphatic heterocycles. The van der Waals surface area contributed by atoms with E-state index >= 15 is 0 Å². The van der Waals surface area contributed by atoms with Crippen LogP contribution in [0.4, 0.5) is 14.4 Å². The molecule has 0 spiro atoms. The number of alkyl carbamates (subject to hydrolysis) is 3. The molecule has 0 fully saturated rings. The Morgan fingerprint density at radius 1 is 0.578 bits per heavy atom. The van der Waals surface area contributed by atoms with E-state index in [4.69, 9.17) is 69.9 Å². The van der Waals surface area contributed by atoms with Gasteiger partial charge in [0.15, 0.2) is 6.29 Å². The van der Waals surface area contributed by atoms with Crippen molar-refractivity contribution in [3.8, 4) is 0 Å². The van der Waals surface area contributed by atoms with Crippen molar-refractivity contribution < 1.29 is 52.2 Å². The van der Waals surface area contributed by atoms with E-state index in [2.05, 4.69) is 179 Å². The van der Waals surface area contributed by atoms with Gasteiger partial charge in [0.1, 0.15) is 45.7 Å². The van der Waals surface area contributed by atoms with E-state index in [9.17, 15) is 28.8 Å². The molecule has 0 bridgehead atoms. The van der Waals surface area contributed by atoms with Crippen LogP contribution in [0.25, 0.3) is 50.2 Å². The number of rotatable bonds is 24. The summed E-state index contributed by atoms with van der Waals surface area (Å²) in [6.45, 7) is 27.5. The van der Waals surface area contributed by atoms with Crippen LogP contribution in [0.5, 0.6) is 0 Å². The molecule has 34 heteroatoms. The Balaban J connectivity index is 0.000000202. The number of aromatic nitrogens is 12. The van der Waals surface area contributed by atoms with Crippen molar-refractivity contribution in [3.05, 3.63) is 190 Å². The van der Waals surface area contributed by atoms with E-state index in [0.29, 0.717) is 93.5 Å². The number of hydrogen-bond acceptors (Lipinski definition) is 19. The smallest absolute Gasteiger partial charge is 0.226 e. The third-order valence-electron chi connectivity index (χ3n) is 17.4.